The number of carboxylic acid groups (broad SMARTS) is 1. The van der Waals surface area contributed by atoms with Crippen molar-refractivity contribution in [1.29, 1.82) is 0 Å². The van der Waals surface area contributed by atoms with E-state index in [0.717, 1.165) is 45.1 Å². The number of carbonyl (C=O) groups is 2. The zero-order chi connectivity index (χ0) is 23.3. The van der Waals surface area contributed by atoms with Crippen LogP contribution in [0.3, 0.4) is 0 Å². The quantitative estimate of drug-likeness (QED) is 0.604. The minimum Gasteiger partial charge on any atom is -0.481 e. The first-order chi connectivity index (χ1) is 15.6. The highest BCUT2D eigenvalue weighted by Gasteiger charge is 2.70. The van der Waals surface area contributed by atoms with E-state index >= 15 is 0 Å². The minimum absolute atomic E-state index is 0.0312. The third-order valence-electron chi connectivity index (χ3n) is 11.6. The van der Waals surface area contributed by atoms with Crippen molar-refractivity contribution in [1.82, 2.24) is 0 Å². The maximum Gasteiger partial charge on any atom is 0.306 e. The number of aliphatic carboxylic acids is 1. The predicted octanol–water partition coefficient (Wildman–Crippen LogP) is 4.65. The van der Waals surface area contributed by atoms with Crippen molar-refractivity contribution in [2.24, 2.45) is 52.3 Å². The van der Waals surface area contributed by atoms with Gasteiger partial charge < -0.3 is 19.3 Å². The van der Waals surface area contributed by atoms with Gasteiger partial charge in [-0.15, -0.1) is 0 Å². The second-order valence-electron chi connectivity index (χ2n) is 13.0. The third kappa shape index (κ3) is 2.98. The second kappa shape index (κ2) is 7.19. The Morgan fingerprint density at radius 1 is 1.06 bits per heavy atom. The van der Waals surface area contributed by atoms with Crippen LogP contribution in [-0.4, -0.2) is 41.6 Å². The molecule has 0 radical (unpaired) electrons. The fraction of sp³-hybridized carbons (Fsp3) is 0.926. The summed E-state index contributed by atoms with van der Waals surface area (Å²) >= 11 is 0. The van der Waals surface area contributed by atoms with Gasteiger partial charge in [-0.05, 0) is 72.5 Å². The van der Waals surface area contributed by atoms with Gasteiger partial charge in [-0.3, -0.25) is 9.59 Å². The summed E-state index contributed by atoms with van der Waals surface area (Å²) in [7, 11) is 0. The summed E-state index contributed by atoms with van der Waals surface area (Å²) in [6, 6.07) is 0. The molecule has 3 aliphatic carbocycles. The highest BCUT2D eigenvalue weighted by molar-refractivity contribution is 5.73. The summed E-state index contributed by atoms with van der Waals surface area (Å²) < 4.78 is 19.1. The van der Waals surface area contributed by atoms with Gasteiger partial charge in [0.2, 0.25) is 0 Å². The highest BCUT2D eigenvalue weighted by atomic mass is 16.7. The molecular weight excluding hydrogens is 420 g/mol. The van der Waals surface area contributed by atoms with Crippen molar-refractivity contribution in [2.45, 2.75) is 97.1 Å². The molecule has 6 fully saturated rings. The Hall–Kier alpha value is -1.14. The molecule has 12 atom stereocenters. The van der Waals surface area contributed by atoms with Crippen molar-refractivity contribution in [3.8, 4) is 0 Å². The lowest BCUT2D eigenvalue weighted by Crippen LogP contribution is -2.56. The molecule has 33 heavy (non-hydrogen) atoms. The van der Waals surface area contributed by atoms with Gasteiger partial charge in [0.1, 0.15) is 6.10 Å². The summed E-state index contributed by atoms with van der Waals surface area (Å²) in [6.45, 7) is 10.0. The van der Waals surface area contributed by atoms with Gasteiger partial charge in [-0.1, -0.05) is 27.7 Å². The van der Waals surface area contributed by atoms with E-state index in [2.05, 4.69) is 27.7 Å². The van der Waals surface area contributed by atoms with E-state index in [0.29, 0.717) is 41.9 Å². The average Bonchev–Trinajstić information content (AvgIpc) is 3.34. The monoisotopic (exact) mass is 460 g/mol. The number of hydrogen-bond donors (Lipinski definition) is 1. The smallest absolute Gasteiger partial charge is 0.306 e. The van der Waals surface area contributed by atoms with Crippen molar-refractivity contribution in [2.75, 3.05) is 6.61 Å². The molecule has 184 valence electrons. The summed E-state index contributed by atoms with van der Waals surface area (Å²) in [4.78, 5) is 24.2. The lowest BCUT2D eigenvalue weighted by Gasteiger charge is -2.59. The molecule has 3 unspecified atom stereocenters. The van der Waals surface area contributed by atoms with Gasteiger partial charge in [-0.2, -0.15) is 0 Å². The Bertz CT molecular complexity index is 848. The molecule has 0 aromatic rings. The van der Waals surface area contributed by atoms with Gasteiger partial charge in [0.25, 0.3) is 0 Å². The number of hydrogen-bond acceptors (Lipinski definition) is 5. The van der Waals surface area contributed by atoms with Crippen LogP contribution in [0.1, 0.15) is 79.1 Å². The molecule has 0 aromatic heterocycles. The average molecular weight is 461 g/mol. The fourth-order valence-electron chi connectivity index (χ4n) is 10.1. The van der Waals surface area contributed by atoms with E-state index in [-0.39, 0.29) is 41.3 Å². The molecule has 6 aliphatic rings. The molecule has 1 N–H and O–H groups in total. The van der Waals surface area contributed by atoms with Crippen LogP contribution in [0.2, 0.25) is 0 Å². The molecule has 0 bridgehead atoms. The van der Waals surface area contributed by atoms with Gasteiger partial charge in [-0.25, -0.2) is 0 Å². The van der Waals surface area contributed by atoms with Crippen LogP contribution in [0, 0.1) is 52.3 Å². The zero-order valence-corrected chi connectivity index (χ0v) is 20.5. The fourth-order valence-corrected chi connectivity index (χ4v) is 10.1. The molecular formula is C27H40O6. The van der Waals surface area contributed by atoms with Crippen molar-refractivity contribution in [3.63, 3.8) is 0 Å². The summed E-state index contributed by atoms with van der Waals surface area (Å²) in [5.74, 6) is 1.38. The Balaban J connectivity index is 1.31. The molecule has 6 heteroatoms. The Morgan fingerprint density at radius 2 is 1.85 bits per heavy atom. The first-order valence-corrected chi connectivity index (χ1v) is 13.3. The van der Waals surface area contributed by atoms with Crippen LogP contribution in [-0.2, 0) is 23.8 Å². The van der Waals surface area contributed by atoms with Crippen LogP contribution >= 0.6 is 0 Å². The van der Waals surface area contributed by atoms with Crippen LogP contribution < -0.4 is 0 Å². The first kappa shape index (κ1) is 22.3. The number of carboxylic acids is 1. The van der Waals surface area contributed by atoms with Gasteiger partial charge >= 0.3 is 11.9 Å². The highest BCUT2D eigenvalue weighted by Crippen LogP contribution is 2.71. The third-order valence-corrected chi connectivity index (χ3v) is 11.6. The van der Waals surface area contributed by atoms with Crippen molar-refractivity contribution in [3.05, 3.63) is 0 Å². The van der Waals surface area contributed by atoms with E-state index < -0.39 is 11.8 Å². The van der Waals surface area contributed by atoms with E-state index in [1.54, 1.807) is 0 Å². The Morgan fingerprint density at radius 3 is 2.55 bits per heavy atom. The van der Waals surface area contributed by atoms with E-state index in [1.807, 2.05) is 0 Å². The normalized spacial score (nSPS) is 57.2. The topological polar surface area (TPSA) is 82.1 Å². The Labute approximate surface area is 197 Å². The molecule has 3 saturated carbocycles. The summed E-state index contributed by atoms with van der Waals surface area (Å²) in [5.41, 5.74) is -0.221. The van der Waals surface area contributed by atoms with Gasteiger partial charge in [0.05, 0.1) is 25.6 Å². The van der Waals surface area contributed by atoms with Gasteiger partial charge in [0.15, 0.2) is 5.79 Å². The van der Waals surface area contributed by atoms with E-state index in [1.165, 1.54) is 0 Å². The SMILES string of the molecule is CC1CCC2(OC1)O[C@H]1C[C@H]3[C@@H]4CC5OC(=O)C[C@H]5[C@](C)(CC(=O)O)[C@H]4CC[C@]3(C)[C@H]1[C@@H]2C. The zero-order valence-electron chi connectivity index (χ0n) is 20.5. The molecule has 6 nitrogen and oxygen atoms in total. The number of ether oxygens (including phenoxy) is 3. The van der Waals surface area contributed by atoms with Crippen LogP contribution in [0.25, 0.3) is 0 Å². The number of esters is 1. The van der Waals surface area contributed by atoms with Crippen LogP contribution in [0.15, 0.2) is 0 Å². The second-order valence-corrected chi connectivity index (χ2v) is 13.0. The maximum atomic E-state index is 12.3. The first-order valence-electron chi connectivity index (χ1n) is 13.3. The summed E-state index contributed by atoms with van der Waals surface area (Å²) in [6.07, 6.45) is 6.83. The summed E-state index contributed by atoms with van der Waals surface area (Å²) in [5, 5.41) is 9.81. The van der Waals surface area contributed by atoms with Gasteiger partial charge in [0, 0.05) is 18.3 Å². The molecule has 0 aromatic carbocycles. The Kier molecular flexibility index (Phi) is 4.87. The molecule has 3 aliphatic heterocycles. The molecule has 3 heterocycles. The standard InChI is InChI=1S/C27H40O6/c1-14-5-8-27(31-13-14)15(2)24-21(33-27)10-18-16-9-20-19(11-23(30)32-20)26(4,12-22(28)29)17(16)6-7-25(18,24)3/h14-21,24H,5-13H2,1-4H3,(H,28,29)/t14?,15-,16+,17-,18-,19+,20?,21-,24-,25-,26+,27?/m0/s1. The lowest BCUT2D eigenvalue weighted by molar-refractivity contribution is -0.273. The van der Waals surface area contributed by atoms with Crippen LogP contribution in [0.5, 0.6) is 0 Å². The molecule has 6 rings (SSSR count). The van der Waals surface area contributed by atoms with Crippen molar-refractivity contribution >= 4 is 11.9 Å². The largest absolute Gasteiger partial charge is 0.481 e. The van der Waals surface area contributed by atoms with E-state index in [4.69, 9.17) is 14.2 Å². The predicted molar refractivity (Wildman–Crippen MR) is 120 cm³/mol. The van der Waals surface area contributed by atoms with Crippen LogP contribution in [0.4, 0.5) is 0 Å². The minimum atomic E-state index is -0.754. The lowest BCUT2D eigenvalue weighted by atomic mass is 9.45. The molecule has 3 saturated heterocycles. The van der Waals surface area contributed by atoms with E-state index in [9.17, 15) is 14.7 Å². The number of rotatable bonds is 2. The van der Waals surface area contributed by atoms with Crippen molar-refractivity contribution < 1.29 is 28.9 Å². The number of fused-ring (bicyclic) bond motifs is 6. The molecule has 1 spiro atoms. The number of carbonyl (C=O) groups excluding carboxylic acids is 1. The molecule has 0 amide bonds. The maximum absolute atomic E-state index is 12.3.